The third-order valence-electron chi connectivity index (χ3n) is 18.7. The second kappa shape index (κ2) is 19.8. The third kappa shape index (κ3) is 9.03. The Labute approximate surface area is 393 Å². The van der Waals surface area contributed by atoms with Crippen LogP contribution >= 0.6 is 0 Å². The van der Waals surface area contributed by atoms with Crippen LogP contribution in [0.1, 0.15) is 107 Å². The summed E-state index contributed by atoms with van der Waals surface area (Å²) in [6.45, 7) is 14.4. The monoisotopic (exact) mass is 963 g/mol. The van der Waals surface area contributed by atoms with E-state index < -0.39 is 163 Å². The highest BCUT2D eigenvalue weighted by molar-refractivity contribution is 5.22. The Kier molecular flexibility index (Phi) is 15.9. The van der Waals surface area contributed by atoms with E-state index in [9.17, 15) is 66.4 Å². The smallest absolute Gasteiger partial charge is 0.187 e. The fourth-order valence-electron chi connectivity index (χ4n) is 14.9. The van der Waals surface area contributed by atoms with E-state index in [1.54, 1.807) is 0 Å². The molecule has 4 aliphatic carbocycles. The molecule has 0 aromatic heterocycles. The molecule has 3 saturated heterocycles. The van der Waals surface area contributed by atoms with Crippen molar-refractivity contribution >= 4 is 0 Å². The van der Waals surface area contributed by atoms with Crippen molar-refractivity contribution in [2.24, 2.45) is 45.3 Å². The highest BCUT2D eigenvalue weighted by Gasteiger charge is 2.74. The van der Waals surface area contributed by atoms with Gasteiger partial charge in [-0.15, -0.1) is 0 Å². The molecule has 388 valence electrons. The van der Waals surface area contributed by atoms with E-state index in [1.165, 1.54) is 0 Å². The van der Waals surface area contributed by atoms with Crippen molar-refractivity contribution in [3.63, 3.8) is 0 Å². The molecule has 0 amide bonds. The van der Waals surface area contributed by atoms with Gasteiger partial charge in [-0.3, -0.25) is 0 Å². The van der Waals surface area contributed by atoms with E-state index in [1.807, 2.05) is 34.6 Å². The fraction of sp³-hybridized carbons (Fsp3) is 0.958. The molecule has 7 rings (SSSR count). The van der Waals surface area contributed by atoms with Crippen molar-refractivity contribution in [2.75, 3.05) is 19.8 Å². The van der Waals surface area contributed by atoms with E-state index in [0.29, 0.717) is 51.4 Å². The molecule has 0 bridgehead atoms. The molecule has 0 radical (unpaired) electrons. The maximum Gasteiger partial charge on any atom is 0.187 e. The fourth-order valence-corrected chi connectivity index (χ4v) is 14.9. The summed E-state index contributed by atoms with van der Waals surface area (Å²) in [5.74, 6) is -1.22. The number of ether oxygens (including phenoxy) is 6. The summed E-state index contributed by atoms with van der Waals surface area (Å²) >= 11 is 0. The average molecular weight is 963 g/mol. The second-order valence-electron chi connectivity index (χ2n) is 23.1. The molecular formula is C48H82O19. The maximum absolute atomic E-state index is 12.7. The molecule has 0 aromatic rings. The van der Waals surface area contributed by atoms with E-state index in [2.05, 4.69) is 26.8 Å². The SMILES string of the molecule is CC(C)=CCC[C@](C)(O[C@@H]1O[C@H](CO)[C@@H](O)[C@H](O)[C@H]1O)[C@H]1CC[C@]2(C)[C@@H]1[C@H](O)C[C@H]1[C@@]3(C)CC[C@H](O)C(C)(C)[C@@H]3[C@@H](O[C@@H]3O[C@H](CO)[C@@H](O)[C@H](O)[C@H]3O[C@@H]3O[C@H](CO)[C@@H](O)[C@H](O)[C@H]3O)C[C@]12C. The number of hydrogen-bond acceptors (Lipinski definition) is 19. The Morgan fingerprint density at radius 1 is 0.642 bits per heavy atom. The first kappa shape index (κ1) is 53.8. The number of allylic oxidation sites excluding steroid dienone is 2. The van der Waals surface area contributed by atoms with E-state index in [4.69, 9.17) is 28.4 Å². The summed E-state index contributed by atoms with van der Waals surface area (Å²) in [7, 11) is 0. The molecular weight excluding hydrogens is 881 g/mol. The van der Waals surface area contributed by atoms with Crippen LogP contribution in [-0.2, 0) is 28.4 Å². The molecule has 26 atom stereocenters. The first-order chi connectivity index (χ1) is 31.3. The Hall–Kier alpha value is -1.02. The van der Waals surface area contributed by atoms with Crippen molar-refractivity contribution < 1.29 is 94.8 Å². The molecule has 3 aliphatic heterocycles. The summed E-state index contributed by atoms with van der Waals surface area (Å²) < 4.78 is 37.9. The van der Waals surface area contributed by atoms with Crippen LogP contribution in [0.15, 0.2) is 11.6 Å². The topological polar surface area (TPSA) is 318 Å². The van der Waals surface area contributed by atoms with Gasteiger partial charge in [-0.05, 0) is 117 Å². The van der Waals surface area contributed by atoms with E-state index in [-0.39, 0.29) is 17.8 Å². The van der Waals surface area contributed by atoms with Gasteiger partial charge in [0.15, 0.2) is 18.9 Å². The van der Waals surface area contributed by atoms with Crippen molar-refractivity contribution in [1.82, 2.24) is 0 Å². The van der Waals surface area contributed by atoms with Gasteiger partial charge in [-0.1, -0.05) is 46.3 Å². The molecule has 7 fully saturated rings. The molecule has 4 saturated carbocycles. The van der Waals surface area contributed by atoms with E-state index in [0.717, 1.165) is 5.57 Å². The number of rotatable bonds is 13. The Balaban J connectivity index is 1.27. The molecule has 13 N–H and O–H groups in total. The van der Waals surface area contributed by atoms with Gasteiger partial charge < -0.3 is 94.8 Å². The zero-order chi connectivity index (χ0) is 49.5. The predicted molar refractivity (Wildman–Crippen MR) is 235 cm³/mol. The molecule has 3 heterocycles. The minimum atomic E-state index is -1.86. The highest BCUT2D eigenvalue weighted by atomic mass is 16.8. The van der Waals surface area contributed by atoms with Gasteiger partial charge >= 0.3 is 0 Å². The van der Waals surface area contributed by atoms with Crippen LogP contribution < -0.4 is 0 Å². The number of fused-ring (bicyclic) bond motifs is 5. The quantitative estimate of drug-likeness (QED) is 0.0773. The van der Waals surface area contributed by atoms with Crippen LogP contribution in [0.25, 0.3) is 0 Å². The molecule has 0 spiro atoms. The summed E-state index contributed by atoms with van der Waals surface area (Å²) in [6.07, 6.45) is -20.0. The van der Waals surface area contributed by atoms with Crippen LogP contribution in [0.3, 0.4) is 0 Å². The highest BCUT2D eigenvalue weighted by Crippen LogP contribution is 2.76. The lowest BCUT2D eigenvalue weighted by molar-refractivity contribution is -0.383. The van der Waals surface area contributed by atoms with Gasteiger partial charge in [-0.25, -0.2) is 0 Å². The zero-order valence-corrected chi connectivity index (χ0v) is 40.3. The first-order valence-electron chi connectivity index (χ1n) is 24.5. The second-order valence-corrected chi connectivity index (χ2v) is 23.1. The summed E-state index contributed by atoms with van der Waals surface area (Å²) in [5, 5.41) is 142. The lowest BCUT2D eigenvalue weighted by Crippen LogP contribution is -2.71. The van der Waals surface area contributed by atoms with Gasteiger partial charge in [0.1, 0.15) is 73.2 Å². The summed E-state index contributed by atoms with van der Waals surface area (Å²) in [4.78, 5) is 0. The van der Waals surface area contributed by atoms with Crippen molar-refractivity contribution in [3.8, 4) is 0 Å². The summed E-state index contributed by atoms with van der Waals surface area (Å²) in [5.41, 5.74) is -2.56. The first-order valence-corrected chi connectivity index (χ1v) is 24.5. The van der Waals surface area contributed by atoms with Crippen LogP contribution in [0.2, 0.25) is 0 Å². The Bertz CT molecular complexity index is 1710. The molecule has 19 heteroatoms. The Morgan fingerprint density at radius 3 is 1.75 bits per heavy atom. The molecule has 0 aromatic carbocycles. The molecule has 0 unspecified atom stereocenters. The van der Waals surface area contributed by atoms with Crippen LogP contribution in [0.4, 0.5) is 0 Å². The van der Waals surface area contributed by atoms with Crippen LogP contribution in [0, 0.1) is 45.3 Å². The molecule has 7 aliphatic rings. The van der Waals surface area contributed by atoms with Crippen molar-refractivity contribution in [1.29, 1.82) is 0 Å². The third-order valence-corrected chi connectivity index (χ3v) is 18.7. The van der Waals surface area contributed by atoms with Crippen LogP contribution in [-0.4, -0.2) is 202 Å². The lowest BCUT2D eigenvalue weighted by Gasteiger charge is -2.72. The van der Waals surface area contributed by atoms with Gasteiger partial charge in [0.05, 0.1) is 43.7 Å². The van der Waals surface area contributed by atoms with Gasteiger partial charge in [0.2, 0.25) is 0 Å². The maximum atomic E-state index is 12.7. The largest absolute Gasteiger partial charge is 0.394 e. The van der Waals surface area contributed by atoms with Gasteiger partial charge in [0.25, 0.3) is 0 Å². The average Bonchev–Trinajstić information content (AvgIpc) is 3.66. The predicted octanol–water partition coefficient (Wildman–Crippen LogP) is -1.06. The van der Waals surface area contributed by atoms with Crippen molar-refractivity contribution in [3.05, 3.63) is 11.6 Å². The van der Waals surface area contributed by atoms with E-state index >= 15 is 0 Å². The standard InChI is InChI=1S/C48H82O19/c1-21(2)10-9-13-48(8,67-42-38(61)35(58)32(55)26(19-50)64-42)22-11-15-46(6)30(22)23(52)16-28-45(5)14-12-29(53)44(3,4)40(45)24(17-47(28,46)7)62-43-39(36(59)33(56)27(20-51)65-43)66-41-37(60)34(57)31(54)25(18-49)63-41/h10,22-43,49-61H,9,11-20H2,1-8H3/t22-,23+,24-,25+,26+,27+,28-,29-,30-,31+,32+,33+,34-,35-,36-,37+,38+,39+,40-,41-,42-,43+,45+,46+,47+,48-/m0/s1. The zero-order valence-electron chi connectivity index (χ0n) is 40.3. The lowest BCUT2D eigenvalue weighted by atomic mass is 9.34. The Morgan fingerprint density at radius 2 is 1.18 bits per heavy atom. The van der Waals surface area contributed by atoms with Crippen LogP contribution in [0.5, 0.6) is 0 Å². The van der Waals surface area contributed by atoms with Crippen molar-refractivity contribution in [2.45, 2.75) is 223 Å². The molecule has 67 heavy (non-hydrogen) atoms. The normalized spacial score (nSPS) is 52.9. The number of hydrogen-bond donors (Lipinski definition) is 13. The minimum absolute atomic E-state index is 0.110. The van der Waals surface area contributed by atoms with Gasteiger partial charge in [0, 0.05) is 0 Å². The number of aliphatic hydroxyl groups is 13. The van der Waals surface area contributed by atoms with Gasteiger partial charge in [-0.2, -0.15) is 0 Å². The summed E-state index contributed by atoms with van der Waals surface area (Å²) in [6, 6.07) is 0. The number of aliphatic hydroxyl groups excluding tert-OH is 13. The minimum Gasteiger partial charge on any atom is -0.394 e. The molecule has 19 nitrogen and oxygen atoms in total.